The molecule has 5 rings (SSSR count). The molecular weight excluding hydrogens is 556 g/mol. The number of carbonyl (C=O) groups excluding carboxylic acids is 2. The third kappa shape index (κ3) is 9.12. The number of benzene rings is 3. The van der Waals surface area contributed by atoms with Crippen molar-refractivity contribution in [1.82, 2.24) is 4.90 Å². The molecule has 0 spiro atoms. The highest BCUT2D eigenvalue weighted by molar-refractivity contribution is 5.94. The fraction of sp³-hybridized carbons (Fsp3) is 0.429. The largest absolute Gasteiger partial charge is 0.397 e. The van der Waals surface area contributed by atoms with Gasteiger partial charge in [0.05, 0.1) is 30.2 Å². The Morgan fingerprint density at radius 3 is 2.16 bits per heavy atom. The van der Waals surface area contributed by atoms with Gasteiger partial charge in [0, 0.05) is 37.1 Å². The van der Waals surface area contributed by atoms with Crippen LogP contribution in [-0.2, 0) is 25.7 Å². The Hall–Kier alpha value is -3.76. The average molecular weight is 601 g/mol. The van der Waals surface area contributed by atoms with Crippen molar-refractivity contribution in [2.75, 3.05) is 36.0 Å². The van der Waals surface area contributed by atoms with E-state index in [0.717, 1.165) is 42.7 Å². The predicted octanol–water partition coefficient (Wildman–Crippen LogP) is 5.93. The molecule has 0 aromatic heterocycles. The maximum absolute atomic E-state index is 12.6. The monoisotopic (exact) mass is 600 g/mol. The number of carbonyl (C=O) groups is 2. The van der Waals surface area contributed by atoms with E-state index >= 15 is 0 Å². The molecule has 3 atom stereocenters. The number of nitrogens with one attached hydrogen (secondary N) is 2. The number of para-hydroxylation sites is 2. The van der Waals surface area contributed by atoms with Crippen LogP contribution in [0.5, 0.6) is 0 Å². The van der Waals surface area contributed by atoms with Gasteiger partial charge in [0.15, 0.2) is 6.29 Å². The molecule has 0 bridgehead atoms. The second-order valence-corrected chi connectivity index (χ2v) is 11.7. The van der Waals surface area contributed by atoms with Gasteiger partial charge in [-0.05, 0) is 74.2 Å². The Morgan fingerprint density at radius 2 is 1.48 bits per heavy atom. The van der Waals surface area contributed by atoms with Crippen molar-refractivity contribution in [3.8, 4) is 0 Å². The summed E-state index contributed by atoms with van der Waals surface area (Å²) in [6, 6.07) is 22.7. The van der Waals surface area contributed by atoms with E-state index in [4.69, 9.17) is 15.2 Å². The molecule has 9 nitrogen and oxygen atoms in total. The van der Waals surface area contributed by atoms with Crippen molar-refractivity contribution < 1.29 is 24.2 Å². The zero-order chi connectivity index (χ0) is 30.7. The minimum absolute atomic E-state index is 0.0137. The zero-order valence-electron chi connectivity index (χ0n) is 25.3. The first-order chi connectivity index (χ1) is 21.5. The molecule has 3 unspecified atom stereocenters. The molecule has 234 valence electrons. The fourth-order valence-corrected chi connectivity index (χ4v) is 5.80. The number of amides is 2. The SMILES string of the molecule is Nc1ccccc1NC(=O)CCCCC(=O)Nc1ccc(C2OC(CN3CCCCC3)CC(c3ccc(CO)cc3)O2)cc1. The molecule has 2 aliphatic heterocycles. The maximum Gasteiger partial charge on any atom is 0.224 e. The second-order valence-electron chi connectivity index (χ2n) is 11.7. The molecule has 9 heteroatoms. The van der Waals surface area contributed by atoms with Crippen LogP contribution >= 0.6 is 0 Å². The molecule has 3 aromatic rings. The summed E-state index contributed by atoms with van der Waals surface area (Å²) in [5.41, 5.74) is 10.6. The number of rotatable bonds is 12. The van der Waals surface area contributed by atoms with Crippen LogP contribution in [0, 0.1) is 0 Å². The molecule has 2 aliphatic rings. The molecule has 3 aromatic carbocycles. The van der Waals surface area contributed by atoms with Crippen LogP contribution in [-0.4, -0.2) is 47.6 Å². The minimum Gasteiger partial charge on any atom is -0.397 e. The highest BCUT2D eigenvalue weighted by Gasteiger charge is 2.33. The van der Waals surface area contributed by atoms with E-state index in [1.165, 1.54) is 19.3 Å². The van der Waals surface area contributed by atoms with Crippen LogP contribution in [0.15, 0.2) is 72.8 Å². The van der Waals surface area contributed by atoms with Gasteiger partial charge in [-0.15, -0.1) is 0 Å². The Kier molecular flexibility index (Phi) is 11.4. The molecule has 0 radical (unpaired) electrons. The van der Waals surface area contributed by atoms with Crippen molar-refractivity contribution in [3.63, 3.8) is 0 Å². The van der Waals surface area contributed by atoms with Crippen molar-refractivity contribution in [3.05, 3.63) is 89.5 Å². The molecular formula is C35H44N4O5. The molecule has 2 heterocycles. The average Bonchev–Trinajstić information content (AvgIpc) is 3.05. The third-order valence-electron chi connectivity index (χ3n) is 8.28. The van der Waals surface area contributed by atoms with Crippen molar-refractivity contribution in [2.24, 2.45) is 0 Å². The number of nitrogens with two attached hydrogens (primary N) is 1. The van der Waals surface area contributed by atoms with Gasteiger partial charge in [0.2, 0.25) is 11.8 Å². The van der Waals surface area contributed by atoms with Gasteiger partial charge < -0.3 is 35.8 Å². The summed E-state index contributed by atoms with van der Waals surface area (Å²) in [5.74, 6) is -0.211. The lowest BCUT2D eigenvalue weighted by atomic mass is 9.99. The number of nitrogen functional groups attached to an aromatic ring is 1. The number of hydrogen-bond acceptors (Lipinski definition) is 7. The predicted molar refractivity (Wildman–Crippen MR) is 172 cm³/mol. The summed E-state index contributed by atoms with van der Waals surface area (Å²) in [6.45, 7) is 3.10. The van der Waals surface area contributed by atoms with Gasteiger partial charge in [0.1, 0.15) is 0 Å². The third-order valence-corrected chi connectivity index (χ3v) is 8.28. The highest BCUT2D eigenvalue weighted by atomic mass is 16.7. The number of unbranched alkanes of at least 4 members (excludes halogenated alkanes) is 1. The van der Waals surface area contributed by atoms with Gasteiger partial charge in [-0.25, -0.2) is 0 Å². The number of aliphatic hydroxyl groups excluding tert-OH is 1. The molecule has 5 N–H and O–H groups in total. The maximum atomic E-state index is 12.6. The summed E-state index contributed by atoms with van der Waals surface area (Å²) in [7, 11) is 0. The van der Waals surface area contributed by atoms with E-state index in [9.17, 15) is 14.7 Å². The molecule has 0 saturated carbocycles. The van der Waals surface area contributed by atoms with Crippen LogP contribution in [0.25, 0.3) is 0 Å². The van der Waals surface area contributed by atoms with E-state index in [1.807, 2.05) is 60.7 Å². The number of nitrogens with zero attached hydrogens (tertiary/aromatic N) is 1. The topological polar surface area (TPSA) is 126 Å². The highest BCUT2D eigenvalue weighted by Crippen LogP contribution is 2.38. The number of piperidine rings is 1. The number of anilines is 3. The van der Waals surface area contributed by atoms with Gasteiger partial charge >= 0.3 is 0 Å². The first kappa shape index (κ1) is 31.7. The summed E-state index contributed by atoms with van der Waals surface area (Å²) in [5, 5.41) is 15.2. The van der Waals surface area contributed by atoms with Gasteiger partial charge in [-0.2, -0.15) is 0 Å². The number of ether oxygens (including phenoxy) is 2. The first-order valence-corrected chi connectivity index (χ1v) is 15.7. The van der Waals surface area contributed by atoms with Crippen LogP contribution in [0.4, 0.5) is 17.1 Å². The Bertz CT molecular complexity index is 1360. The lowest BCUT2D eigenvalue weighted by Crippen LogP contribution is -2.41. The number of aliphatic hydroxyl groups is 1. The normalized spacial score (nSPS) is 20.6. The Balaban J connectivity index is 1.12. The van der Waals surface area contributed by atoms with Crippen LogP contribution < -0.4 is 16.4 Å². The standard InChI is InChI=1S/C35H44N4O5/c36-30-8-2-3-9-31(30)38-34(42)11-5-4-10-33(41)37-28-18-16-27(17-19-28)35-43-29(23-39-20-6-1-7-21-39)22-32(44-35)26-14-12-25(24-40)13-15-26/h2-3,8-9,12-19,29,32,35,40H,1,4-7,10-11,20-24,36H2,(H,37,41)(H,38,42). The zero-order valence-corrected chi connectivity index (χ0v) is 25.3. The van der Waals surface area contributed by atoms with E-state index in [0.29, 0.717) is 42.7 Å². The van der Waals surface area contributed by atoms with Crippen LogP contribution in [0.1, 0.15) is 80.5 Å². The summed E-state index contributed by atoms with van der Waals surface area (Å²) >= 11 is 0. The minimum atomic E-state index is -0.525. The molecule has 2 amide bonds. The first-order valence-electron chi connectivity index (χ1n) is 15.7. The van der Waals surface area contributed by atoms with Gasteiger partial charge in [0.25, 0.3) is 0 Å². The van der Waals surface area contributed by atoms with Crippen LogP contribution in [0.3, 0.4) is 0 Å². The van der Waals surface area contributed by atoms with E-state index in [1.54, 1.807) is 12.1 Å². The van der Waals surface area contributed by atoms with Crippen LogP contribution in [0.2, 0.25) is 0 Å². The van der Waals surface area contributed by atoms with Crippen molar-refractivity contribution >= 4 is 28.9 Å². The summed E-state index contributed by atoms with van der Waals surface area (Å²) < 4.78 is 13.0. The fourth-order valence-electron chi connectivity index (χ4n) is 5.80. The molecule has 44 heavy (non-hydrogen) atoms. The second kappa shape index (κ2) is 15.8. The molecule has 2 fully saturated rings. The van der Waals surface area contributed by atoms with Crippen molar-refractivity contribution in [2.45, 2.75) is 76.5 Å². The summed E-state index contributed by atoms with van der Waals surface area (Å²) in [4.78, 5) is 27.3. The Morgan fingerprint density at radius 1 is 0.818 bits per heavy atom. The quantitative estimate of drug-likeness (QED) is 0.150. The lowest BCUT2D eigenvalue weighted by molar-refractivity contribution is -0.253. The molecule has 0 aliphatic carbocycles. The number of likely N-dealkylation sites (tertiary alicyclic amines) is 1. The Labute approximate surface area is 259 Å². The summed E-state index contributed by atoms with van der Waals surface area (Å²) in [6.07, 6.45) is 5.74. The van der Waals surface area contributed by atoms with E-state index in [2.05, 4.69) is 15.5 Å². The van der Waals surface area contributed by atoms with E-state index < -0.39 is 6.29 Å². The lowest BCUT2D eigenvalue weighted by Gasteiger charge is -2.39. The van der Waals surface area contributed by atoms with Gasteiger partial charge in [-0.1, -0.05) is 55.0 Å². The van der Waals surface area contributed by atoms with Gasteiger partial charge in [-0.3, -0.25) is 9.59 Å². The smallest absolute Gasteiger partial charge is 0.224 e. The van der Waals surface area contributed by atoms with E-state index in [-0.39, 0.29) is 30.6 Å². The number of hydrogen-bond donors (Lipinski definition) is 4. The van der Waals surface area contributed by atoms with Crippen molar-refractivity contribution in [1.29, 1.82) is 0 Å². The molecule has 2 saturated heterocycles.